The number of fused-ring (bicyclic) bond motifs is 2. The van der Waals surface area contributed by atoms with Crippen LogP contribution in [-0.4, -0.2) is 31.9 Å². The zero-order chi connectivity index (χ0) is 19.3. The Kier molecular flexibility index (Phi) is 4.05. The molecular formula is C21H17BrN4O2. The summed E-state index contributed by atoms with van der Waals surface area (Å²) < 4.78 is 8.06. The Labute approximate surface area is 169 Å². The van der Waals surface area contributed by atoms with Crippen LogP contribution in [-0.2, 0) is 6.42 Å². The molecule has 0 saturated carbocycles. The molecule has 0 aliphatic carbocycles. The molecule has 3 aromatic heterocycles. The number of hydrogen-bond donors (Lipinski definition) is 0. The van der Waals surface area contributed by atoms with Crippen molar-refractivity contribution >= 4 is 27.5 Å². The molecule has 0 radical (unpaired) electrons. The topological polar surface area (TPSA) is 63.6 Å². The first-order chi connectivity index (χ1) is 13.6. The number of furan rings is 1. The van der Waals surface area contributed by atoms with Crippen molar-refractivity contribution < 1.29 is 9.21 Å². The van der Waals surface area contributed by atoms with Crippen LogP contribution >= 0.6 is 15.9 Å². The minimum Gasteiger partial charge on any atom is -0.464 e. The Morgan fingerprint density at radius 2 is 2.18 bits per heavy atom. The lowest BCUT2D eigenvalue weighted by Crippen LogP contribution is -2.39. The molecule has 0 fully saturated rings. The number of aromatic nitrogens is 3. The van der Waals surface area contributed by atoms with Crippen molar-refractivity contribution in [2.75, 3.05) is 6.54 Å². The van der Waals surface area contributed by atoms with E-state index >= 15 is 0 Å². The van der Waals surface area contributed by atoms with Gasteiger partial charge in [-0.2, -0.15) is 5.10 Å². The molecule has 5 rings (SSSR count). The highest BCUT2D eigenvalue weighted by Crippen LogP contribution is 2.38. The number of carbonyl (C=O) groups is 1. The van der Waals surface area contributed by atoms with E-state index in [0.29, 0.717) is 17.9 Å². The van der Waals surface area contributed by atoms with E-state index in [1.165, 1.54) is 5.56 Å². The molecular weight excluding hydrogens is 420 g/mol. The molecule has 1 atom stereocenters. The Bertz CT molecular complexity index is 1180. The third-order valence-electron chi connectivity index (χ3n) is 5.25. The second-order valence-electron chi connectivity index (χ2n) is 6.88. The molecule has 1 unspecified atom stereocenters. The first kappa shape index (κ1) is 17.2. The molecule has 1 amide bonds. The SMILES string of the molecule is CC1c2c(cccc2-c2ccco2)CCN1C(=O)c1cc2ncc(Br)cn2n1. The second kappa shape index (κ2) is 6.60. The van der Waals surface area contributed by atoms with Gasteiger partial charge in [-0.25, -0.2) is 9.50 Å². The minimum absolute atomic E-state index is 0.0814. The predicted octanol–water partition coefficient (Wildman–Crippen LogP) is 4.51. The maximum absolute atomic E-state index is 13.3. The van der Waals surface area contributed by atoms with Crippen molar-refractivity contribution in [2.24, 2.45) is 0 Å². The summed E-state index contributed by atoms with van der Waals surface area (Å²) in [6.07, 6.45) is 5.97. The molecule has 1 aromatic carbocycles. The summed E-state index contributed by atoms with van der Waals surface area (Å²) in [6.45, 7) is 2.71. The highest BCUT2D eigenvalue weighted by atomic mass is 79.9. The van der Waals surface area contributed by atoms with E-state index in [-0.39, 0.29) is 11.9 Å². The van der Waals surface area contributed by atoms with Gasteiger partial charge in [0.1, 0.15) is 5.76 Å². The summed E-state index contributed by atoms with van der Waals surface area (Å²) in [5.74, 6) is 0.730. The summed E-state index contributed by atoms with van der Waals surface area (Å²) >= 11 is 3.38. The van der Waals surface area contributed by atoms with Crippen LogP contribution in [0.4, 0.5) is 0 Å². The van der Waals surface area contributed by atoms with Crippen molar-refractivity contribution in [1.29, 1.82) is 0 Å². The van der Waals surface area contributed by atoms with E-state index in [1.807, 2.05) is 23.1 Å². The van der Waals surface area contributed by atoms with E-state index in [2.05, 4.69) is 45.1 Å². The van der Waals surface area contributed by atoms with E-state index in [0.717, 1.165) is 27.8 Å². The average molecular weight is 437 g/mol. The van der Waals surface area contributed by atoms with E-state index < -0.39 is 0 Å². The number of rotatable bonds is 2. The number of carbonyl (C=O) groups excluding carboxylic acids is 1. The molecule has 140 valence electrons. The van der Waals surface area contributed by atoms with Crippen molar-refractivity contribution in [1.82, 2.24) is 19.5 Å². The van der Waals surface area contributed by atoms with Gasteiger partial charge >= 0.3 is 0 Å². The molecule has 0 bridgehead atoms. The third-order valence-corrected chi connectivity index (χ3v) is 5.66. The Balaban J connectivity index is 1.53. The third kappa shape index (κ3) is 2.74. The van der Waals surface area contributed by atoms with Gasteiger partial charge in [0.2, 0.25) is 0 Å². The van der Waals surface area contributed by atoms with Gasteiger partial charge in [-0.1, -0.05) is 18.2 Å². The van der Waals surface area contributed by atoms with Crippen LogP contribution in [0, 0.1) is 0 Å². The number of amides is 1. The largest absolute Gasteiger partial charge is 0.464 e. The second-order valence-corrected chi connectivity index (χ2v) is 7.80. The summed E-state index contributed by atoms with van der Waals surface area (Å²) in [6, 6.07) is 11.7. The summed E-state index contributed by atoms with van der Waals surface area (Å²) in [5.41, 5.74) is 4.48. The zero-order valence-corrected chi connectivity index (χ0v) is 16.8. The van der Waals surface area contributed by atoms with E-state index in [1.54, 1.807) is 29.2 Å². The van der Waals surface area contributed by atoms with E-state index in [4.69, 9.17) is 4.42 Å². The molecule has 4 aromatic rings. The van der Waals surface area contributed by atoms with Gasteiger partial charge in [0, 0.05) is 30.6 Å². The quantitative estimate of drug-likeness (QED) is 0.463. The first-order valence-corrected chi connectivity index (χ1v) is 9.88. The molecule has 28 heavy (non-hydrogen) atoms. The van der Waals surface area contributed by atoms with Gasteiger partial charge in [0.05, 0.1) is 16.8 Å². The van der Waals surface area contributed by atoms with Gasteiger partial charge in [-0.3, -0.25) is 4.79 Å². The minimum atomic E-state index is -0.0889. The van der Waals surface area contributed by atoms with Crippen LogP contribution in [0.1, 0.15) is 34.6 Å². The molecule has 6 nitrogen and oxygen atoms in total. The van der Waals surface area contributed by atoms with Crippen LogP contribution in [0.3, 0.4) is 0 Å². The van der Waals surface area contributed by atoms with Gasteiger partial charge in [-0.15, -0.1) is 0 Å². The lowest BCUT2D eigenvalue weighted by atomic mass is 9.88. The van der Waals surface area contributed by atoms with Crippen LogP contribution in [0.5, 0.6) is 0 Å². The summed E-state index contributed by atoms with van der Waals surface area (Å²) in [4.78, 5) is 19.4. The standard InChI is InChI=1S/C21H17BrN4O2/c1-13-20-14(4-2-5-16(20)18-6-3-9-28-18)7-8-25(13)21(27)17-10-19-23-11-15(22)12-26(19)24-17/h2-6,9-13H,7-8H2,1H3. The van der Waals surface area contributed by atoms with Gasteiger partial charge in [0.15, 0.2) is 11.3 Å². The fourth-order valence-electron chi connectivity index (χ4n) is 3.94. The number of benzene rings is 1. The van der Waals surface area contributed by atoms with Crippen LogP contribution in [0.25, 0.3) is 17.0 Å². The molecule has 1 aliphatic rings. The lowest BCUT2D eigenvalue weighted by Gasteiger charge is -2.36. The number of hydrogen-bond acceptors (Lipinski definition) is 4. The average Bonchev–Trinajstić information content (AvgIpc) is 3.37. The Morgan fingerprint density at radius 1 is 1.29 bits per heavy atom. The van der Waals surface area contributed by atoms with Crippen molar-refractivity contribution in [3.05, 3.63) is 76.3 Å². The zero-order valence-electron chi connectivity index (χ0n) is 15.2. The summed E-state index contributed by atoms with van der Waals surface area (Å²) in [5, 5.41) is 4.43. The van der Waals surface area contributed by atoms with Crippen molar-refractivity contribution in [2.45, 2.75) is 19.4 Å². The predicted molar refractivity (Wildman–Crippen MR) is 108 cm³/mol. The Hall–Kier alpha value is -2.93. The molecule has 1 aliphatic heterocycles. The van der Waals surface area contributed by atoms with Crippen molar-refractivity contribution in [3.63, 3.8) is 0 Å². The highest BCUT2D eigenvalue weighted by molar-refractivity contribution is 9.10. The van der Waals surface area contributed by atoms with Crippen LogP contribution in [0.15, 0.2) is 63.9 Å². The monoisotopic (exact) mass is 436 g/mol. The molecule has 4 heterocycles. The molecule has 0 N–H and O–H groups in total. The molecule has 7 heteroatoms. The summed E-state index contributed by atoms with van der Waals surface area (Å²) in [7, 11) is 0. The number of halogens is 1. The first-order valence-electron chi connectivity index (χ1n) is 9.09. The van der Waals surface area contributed by atoms with Crippen LogP contribution in [0.2, 0.25) is 0 Å². The van der Waals surface area contributed by atoms with Crippen LogP contribution < -0.4 is 0 Å². The molecule has 0 saturated heterocycles. The smallest absolute Gasteiger partial charge is 0.274 e. The van der Waals surface area contributed by atoms with Gasteiger partial charge in [0.25, 0.3) is 5.91 Å². The highest BCUT2D eigenvalue weighted by Gasteiger charge is 2.32. The maximum atomic E-state index is 13.3. The Morgan fingerprint density at radius 3 is 3.00 bits per heavy atom. The normalized spacial score (nSPS) is 16.4. The fraction of sp³-hybridized carbons (Fsp3) is 0.190. The van der Waals surface area contributed by atoms with E-state index in [9.17, 15) is 4.79 Å². The van der Waals surface area contributed by atoms with Crippen molar-refractivity contribution in [3.8, 4) is 11.3 Å². The lowest BCUT2D eigenvalue weighted by molar-refractivity contribution is 0.0671. The van der Waals surface area contributed by atoms with Gasteiger partial charge < -0.3 is 9.32 Å². The van der Waals surface area contributed by atoms with Gasteiger partial charge in [-0.05, 0) is 52.5 Å². The fourth-order valence-corrected chi connectivity index (χ4v) is 4.24. The molecule has 0 spiro atoms. The number of nitrogens with zero attached hydrogens (tertiary/aromatic N) is 4. The maximum Gasteiger partial charge on any atom is 0.274 e.